The Hall–Kier alpha value is -2.66. The predicted octanol–water partition coefficient (Wildman–Crippen LogP) is 3.85. The number of fused-ring (bicyclic) bond motifs is 1. The van der Waals surface area contributed by atoms with Crippen molar-refractivity contribution in [1.82, 2.24) is 4.90 Å². The van der Waals surface area contributed by atoms with Crippen LogP contribution in [0, 0.1) is 11.8 Å². The van der Waals surface area contributed by atoms with Gasteiger partial charge in [0, 0.05) is 10.7 Å². The molecule has 1 saturated carbocycles. The molecule has 2 aliphatic rings. The Bertz CT molecular complexity index is 898. The van der Waals surface area contributed by atoms with E-state index < -0.39 is 0 Å². The van der Waals surface area contributed by atoms with Crippen LogP contribution < -0.4 is 5.32 Å². The number of rotatable bonds is 4. The van der Waals surface area contributed by atoms with Crippen LogP contribution >= 0.6 is 11.6 Å². The first-order valence-corrected chi connectivity index (χ1v) is 9.86. The number of carbonyl (C=O) groups excluding carboxylic acids is 3. The van der Waals surface area contributed by atoms with Crippen molar-refractivity contribution in [2.24, 2.45) is 11.8 Å². The van der Waals surface area contributed by atoms with E-state index in [1.807, 2.05) is 18.2 Å². The van der Waals surface area contributed by atoms with E-state index in [0.29, 0.717) is 23.6 Å². The number of halogens is 1. The number of hydrogen-bond donors (Lipinski definition) is 1. The second kappa shape index (κ2) is 7.76. The summed E-state index contributed by atoms with van der Waals surface area (Å²) in [5.41, 5.74) is 1.79. The van der Waals surface area contributed by atoms with Crippen molar-refractivity contribution in [3.63, 3.8) is 0 Å². The third kappa shape index (κ3) is 3.67. The minimum Gasteiger partial charge on any atom is -0.325 e. The lowest BCUT2D eigenvalue weighted by Gasteiger charge is -2.28. The number of hydrogen-bond acceptors (Lipinski definition) is 3. The van der Waals surface area contributed by atoms with Crippen molar-refractivity contribution in [2.45, 2.75) is 25.2 Å². The normalized spacial score (nSPS) is 24.2. The number of anilines is 1. The van der Waals surface area contributed by atoms with Gasteiger partial charge in [-0.15, -0.1) is 0 Å². The lowest BCUT2D eigenvalue weighted by molar-refractivity contribution is -0.142. The van der Waals surface area contributed by atoms with Gasteiger partial charge in [-0.05, 0) is 55.0 Å². The van der Waals surface area contributed by atoms with E-state index in [2.05, 4.69) is 17.4 Å². The Kier molecular flexibility index (Phi) is 5.18. The molecule has 6 heteroatoms. The number of benzene rings is 2. The summed E-state index contributed by atoms with van der Waals surface area (Å²) in [5, 5.41) is 3.28. The summed E-state index contributed by atoms with van der Waals surface area (Å²) in [6.45, 7) is -0.247. The van der Waals surface area contributed by atoms with E-state index in [1.165, 1.54) is 5.56 Å². The highest BCUT2D eigenvalue weighted by Crippen LogP contribution is 2.44. The number of nitrogens with zero attached hydrogens (tertiary/aromatic N) is 1. The summed E-state index contributed by atoms with van der Waals surface area (Å²) >= 11 is 5.84. The average molecular weight is 397 g/mol. The van der Waals surface area contributed by atoms with Crippen molar-refractivity contribution in [3.8, 4) is 0 Å². The molecule has 0 aromatic heterocycles. The summed E-state index contributed by atoms with van der Waals surface area (Å²) in [6, 6.07) is 16.8. The maximum absolute atomic E-state index is 12.9. The molecule has 3 atom stereocenters. The number of carbonyl (C=O) groups is 3. The molecular formula is C22H21ClN2O3. The van der Waals surface area contributed by atoms with E-state index >= 15 is 0 Å². The first-order valence-electron chi connectivity index (χ1n) is 9.48. The minimum atomic E-state index is -0.387. The molecule has 4 rings (SSSR count). The molecular weight excluding hydrogens is 376 g/mol. The van der Waals surface area contributed by atoms with Crippen molar-refractivity contribution >= 4 is 35.0 Å². The average Bonchev–Trinajstić information content (AvgIpc) is 2.95. The maximum Gasteiger partial charge on any atom is 0.244 e. The van der Waals surface area contributed by atoms with E-state index in [4.69, 9.17) is 11.6 Å². The second-order valence-electron chi connectivity index (χ2n) is 7.45. The van der Waals surface area contributed by atoms with Gasteiger partial charge >= 0.3 is 0 Å². The van der Waals surface area contributed by atoms with Crippen LogP contribution in [0.5, 0.6) is 0 Å². The largest absolute Gasteiger partial charge is 0.325 e. The molecule has 28 heavy (non-hydrogen) atoms. The Morgan fingerprint density at radius 3 is 2.36 bits per heavy atom. The van der Waals surface area contributed by atoms with Crippen molar-refractivity contribution in [2.75, 3.05) is 11.9 Å². The Morgan fingerprint density at radius 2 is 1.64 bits per heavy atom. The van der Waals surface area contributed by atoms with E-state index in [9.17, 15) is 14.4 Å². The van der Waals surface area contributed by atoms with Gasteiger partial charge in [-0.1, -0.05) is 41.9 Å². The standard InChI is InChI=1S/C22H21ClN2O3/c23-16-7-9-17(10-8-16)24-20(26)13-25-21(27)18-11-6-15(12-19(18)22(25)28)14-4-2-1-3-5-14/h1-5,7-10,15,18-19H,6,11-13H2,(H,24,26)/t15-,18-,19+/m0/s1. The Labute approximate surface area is 168 Å². The van der Waals surface area contributed by atoms with Crippen molar-refractivity contribution < 1.29 is 14.4 Å². The zero-order valence-corrected chi connectivity index (χ0v) is 16.1. The highest BCUT2D eigenvalue weighted by molar-refractivity contribution is 6.30. The van der Waals surface area contributed by atoms with E-state index in [0.717, 1.165) is 11.3 Å². The van der Waals surface area contributed by atoms with Crippen LogP contribution in [-0.2, 0) is 14.4 Å². The van der Waals surface area contributed by atoms with Crippen LogP contribution in [0.3, 0.4) is 0 Å². The molecule has 0 radical (unpaired) electrons. The molecule has 1 aliphatic heterocycles. The van der Waals surface area contributed by atoms with Gasteiger partial charge in [0.25, 0.3) is 0 Å². The van der Waals surface area contributed by atoms with Crippen LogP contribution in [0.25, 0.3) is 0 Å². The SMILES string of the molecule is O=C(CN1C(=O)[C@H]2CC[C@H](c3ccccc3)C[C@H]2C1=O)Nc1ccc(Cl)cc1. The molecule has 2 aromatic carbocycles. The van der Waals surface area contributed by atoms with Gasteiger partial charge in [0.1, 0.15) is 6.54 Å². The predicted molar refractivity (Wildman–Crippen MR) is 107 cm³/mol. The van der Waals surface area contributed by atoms with Crippen molar-refractivity contribution in [1.29, 1.82) is 0 Å². The van der Waals surface area contributed by atoms with Crippen LogP contribution in [0.2, 0.25) is 5.02 Å². The highest BCUT2D eigenvalue weighted by atomic mass is 35.5. The molecule has 1 saturated heterocycles. The van der Waals surface area contributed by atoms with Gasteiger partial charge in [0.2, 0.25) is 17.7 Å². The molecule has 0 unspecified atom stereocenters. The molecule has 1 N–H and O–H groups in total. The Balaban J connectivity index is 1.42. The summed E-state index contributed by atoms with van der Waals surface area (Å²) in [6.07, 6.45) is 2.23. The van der Waals surface area contributed by atoms with Crippen LogP contribution in [0.4, 0.5) is 5.69 Å². The minimum absolute atomic E-state index is 0.215. The monoisotopic (exact) mass is 396 g/mol. The molecule has 2 fully saturated rings. The molecule has 0 bridgehead atoms. The third-order valence-corrected chi connectivity index (χ3v) is 5.97. The summed E-state index contributed by atoms with van der Waals surface area (Å²) in [5.74, 6) is -1.16. The van der Waals surface area contributed by atoms with Gasteiger partial charge in [0.05, 0.1) is 11.8 Å². The van der Waals surface area contributed by atoms with E-state index in [-0.39, 0.29) is 42.0 Å². The van der Waals surface area contributed by atoms with Gasteiger partial charge in [-0.25, -0.2) is 0 Å². The van der Waals surface area contributed by atoms with Gasteiger partial charge in [-0.3, -0.25) is 19.3 Å². The Morgan fingerprint density at radius 1 is 0.964 bits per heavy atom. The third-order valence-electron chi connectivity index (χ3n) is 5.72. The zero-order valence-electron chi connectivity index (χ0n) is 15.3. The molecule has 0 spiro atoms. The molecule has 144 valence electrons. The number of imide groups is 1. The fourth-order valence-electron chi connectivity index (χ4n) is 4.31. The second-order valence-corrected chi connectivity index (χ2v) is 7.89. The summed E-state index contributed by atoms with van der Waals surface area (Å²) in [4.78, 5) is 39.1. The quantitative estimate of drug-likeness (QED) is 0.798. The van der Waals surface area contributed by atoms with E-state index in [1.54, 1.807) is 24.3 Å². The van der Waals surface area contributed by atoms with Gasteiger partial charge in [0.15, 0.2) is 0 Å². The van der Waals surface area contributed by atoms with Gasteiger partial charge < -0.3 is 5.32 Å². The number of nitrogens with one attached hydrogen (secondary N) is 1. The summed E-state index contributed by atoms with van der Waals surface area (Å²) < 4.78 is 0. The molecule has 3 amide bonds. The molecule has 1 aliphatic carbocycles. The first kappa shape index (κ1) is 18.7. The van der Waals surface area contributed by atoms with Crippen molar-refractivity contribution in [3.05, 3.63) is 65.2 Å². The highest BCUT2D eigenvalue weighted by Gasteiger charge is 2.50. The lowest BCUT2D eigenvalue weighted by Crippen LogP contribution is -2.38. The van der Waals surface area contributed by atoms with Crippen LogP contribution in [-0.4, -0.2) is 29.2 Å². The van der Waals surface area contributed by atoms with Crippen LogP contribution in [0.1, 0.15) is 30.7 Å². The molecule has 1 heterocycles. The molecule has 5 nitrogen and oxygen atoms in total. The first-order chi connectivity index (χ1) is 13.5. The molecule has 2 aromatic rings. The fraction of sp³-hybridized carbons (Fsp3) is 0.318. The smallest absolute Gasteiger partial charge is 0.244 e. The fourth-order valence-corrected chi connectivity index (χ4v) is 4.44. The summed E-state index contributed by atoms with van der Waals surface area (Å²) in [7, 11) is 0. The number of amides is 3. The van der Waals surface area contributed by atoms with Gasteiger partial charge in [-0.2, -0.15) is 0 Å². The zero-order chi connectivity index (χ0) is 19.7. The van der Waals surface area contributed by atoms with Crippen LogP contribution in [0.15, 0.2) is 54.6 Å². The maximum atomic E-state index is 12.9. The number of likely N-dealkylation sites (tertiary alicyclic amines) is 1. The topological polar surface area (TPSA) is 66.5 Å². The lowest BCUT2D eigenvalue weighted by atomic mass is 9.73.